The van der Waals surface area contributed by atoms with E-state index < -0.39 is 32.5 Å². The Bertz CT molecular complexity index is 906. The standard InChI is InChI=1S/C11H9N7O6/c1-5-10(20)13-11(16-14-5)15-12-4-6-2-7(17(21)22)3-8(9(6)19)18(23)24/h2-4,19H,1H3,(H2,13,15,16,20). The van der Waals surface area contributed by atoms with E-state index in [1.165, 1.54) is 6.92 Å². The Labute approximate surface area is 132 Å². The number of rotatable bonds is 5. The van der Waals surface area contributed by atoms with E-state index in [1.807, 2.05) is 0 Å². The van der Waals surface area contributed by atoms with Gasteiger partial charge in [0.2, 0.25) is 11.7 Å². The molecule has 24 heavy (non-hydrogen) atoms. The van der Waals surface area contributed by atoms with Gasteiger partial charge in [0.05, 0.1) is 27.7 Å². The maximum atomic E-state index is 11.3. The van der Waals surface area contributed by atoms with Crippen LogP contribution >= 0.6 is 0 Å². The van der Waals surface area contributed by atoms with E-state index in [9.17, 15) is 30.1 Å². The molecule has 13 nitrogen and oxygen atoms in total. The highest BCUT2D eigenvalue weighted by Gasteiger charge is 2.23. The molecule has 0 saturated carbocycles. The average molecular weight is 335 g/mol. The first kappa shape index (κ1) is 16.5. The van der Waals surface area contributed by atoms with Gasteiger partial charge in [-0.1, -0.05) is 0 Å². The third-order valence-corrected chi connectivity index (χ3v) is 2.75. The van der Waals surface area contributed by atoms with Crippen molar-refractivity contribution in [2.75, 3.05) is 5.43 Å². The SMILES string of the molecule is Cc1nnc(NN=Cc2cc([N+](=O)[O-])cc([N+](=O)[O-])c2O)[nH]c1=O. The minimum atomic E-state index is -0.962. The first-order chi connectivity index (χ1) is 11.3. The van der Waals surface area contributed by atoms with Crippen LogP contribution in [0.1, 0.15) is 11.3 Å². The molecule has 0 atom stereocenters. The first-order valence-electron chi connectivity index (χ1n) is 6.18. The molecule has 0 fully saturated rings. The number of H-pyrrole nitrogens is 1. The van der Waals surface area contributed by atoms with Crippen molar-refractivity contribution in [1.29, 1.82) is 0 Å². The second kappa shape index (κ2) is 6.47. The van der Waals surface area contributed by atoms with Gasteiger partial charge < -0.3 is 5.11 Å². The molecule has 1 heterocycles. The molecular weight excluding hydrogens is 326 g/mol. The largest absolute Gasteiger partial charge is 0.502 e. The molecular formula is C11H9N7O6. The van der Waals surface area contributed by atoms with E-state index >= 15 is 0 Å². The minimum Gasteiger partial charge on any atom is -0.502 e. The van der Waals surface area contributed by atoms with Crippen molar-refractivity contribution in [3.8, 4) is 5.75 Å². The number of non-ortho nitro benzene ring substituents is 1. The number of benzene rings is 1. The van der Waals surface area contributed by atoms with Gasteiger partial charge in [0, 0.05) is 6.07 Å². The van der Waals surface area contributed by atoms with Crippen molar-refractivity contribution in [3.63, 3.8) is 0 Å². The van der Waals surface area contributed by atoms with E-state index in [0.29, 0.717) is 6.07 Å². The highest BCUT2D eigenvalue weighted by Crippen LogP contribution is 2.33. The smallest absolute Gasteiger partial charge is 0.318 e. The van der Waals surface area contributed by atoms with Gasteiger partial charge in [-0.3, -0.25) is 30.0 Å². The van der Waals surface area contributed by atoms with Crippen molar-refractivity contribution in [2.45, 2.75) is 6.92 Å². The molecule has 0 radical (unpaired) electrons. The van der Waals surface area contributed by atoms with Crippen molar-refractivity contribution in [2.24, 2.45) is 5.10 Å². The predicted molar refractivity (Wildman–Crippen MR) is 80.0 cm³/mol. The number of hydrogen-bond donors (Lipinski definition) is 3. The number of nitro benzene ring substituents is 2. The van der Waals surface area contributed by atoms with Crippen molar-refractivity contribution in [1.82, 2.24) is 15.2 Å². The lowest BCUT2D eigenvalue weighted by atomic mass is 10.1. The Morgan fingerprint density at radius 2 is 2.00 bits per heavy atom. The topological polar surface area (TPSA) is 190 Å². The third kappa shape index (κ3) is 3.46. The fourth-order valence-corrected chi connectivity index (χ4v) is 1.58. The minimum absolute atomic E-state index is 0.124. The monoisotopic (exact) mass is 335 g/mol. The lowest BCUT2D eigenvalue weighted by molar-refractivity contribution is -0.394. The summed E-state index contributed by atoms with van der Waals surface area (Å²) in [5.74, 6) is -0.916. The molecule has 0 unspecified atom stereocenters. The van der Waals surface area contributed by atoms with Crippen molar-refractivity contribution >= 4 is 23.5 Å². The lowest BCUT2D eigenvalue weighted by Crippen LogP contribution is -2.15. The van der Waals surface area contributed by atoms with Gasteiger partial charge in [0.25, 0.3) is 11.2 Å². The molecule has 13 heteroatoms. The van der Waals surface area contributed by atoms with Gasteiger partial charge in [-0.2, -0.15) is 5.10 Å². The summed E-state index contributed by atoms with van der Waals surface area (Å²) in [5, 5.41) is 42.1. The van der Waals surface area contributed by atoms with Crippen LogP contribution in [0.4, 0.5) is 17.3 Å². The molecule has 0 amide bonds. The van der Waals surface area contributed by atoms with Gasteiger partial charge in [-0.25, -0.2) is 5.43 Å². The molecule has 0 bridgehead atoms. The summed E-state index contributed by atoms with van der Waals surface area (Å²) in [4.78, 5) is 33.4. The van der Waals surface area contributed by atoms with Gasteiger partial charge >= 0.3 is 5.69 Å². The Hall–Kier alpha value is -3.90. The maximum absolute atomic E-state index is 11.3. The Balaban J connectivity index is 2.33. The number of phenolic OH excluding ortho intramolecular Hbond substituents is 1. The number of aryl methyl sites for hydroxylation is 1. The molecule has 3 N–H and O–H groups in total. The van der Waals surface area contributed by atoms with Crippen molar-refractivity contribution in [3.05, 3.63) is 54.0 Å². The quantitative estimate of drug-likeness (QED) is 0.395. The molecule has 2 aromatic rings. The second-order valence-electron chi connectivity index (χ2n) is 4.38. The molecule has 0 aliphatic rings. The Morgan fingerprint density at radius 1 is 1.29 bits per heavy atom. The van der Waals surface area contributed by atoms with Gasteiger partial charge in [-0.05, 0) is 6.92 Å². The number of aromatic amines is 1. The molecule has 124 valence electrons. The van der Waals surface area contributed by atoms with Gasteiger partial charge in [0.15, 0.2) is 0 Å². The molecule has 1 aromatic carbocycles. The summed E-state index contributed by atoms with van der Waals surface area (Å²) < 4.78 is 0. The maximum Gasteiger partial charge on any atom is 0.318 e. The summed E-state index contributed by atoms with van der Waals surface area (Å²) in [6, 6.07) is 1.53. The molecule has 0 spiro atoms. The first-order valence-corrected chi connectivity index (χ1v) is 6.18. The number of hydrazone groups is 1. The number of nitrogens with zero attached hydrogens (tertiary/aromatic N) is 5. The molecule has 1 aromatic heterocycles. The summed E-state index contributed by atoms with van der Waals surface area (Å²) >= 11 is 0. The zero-order valence-corrected chi connectivity index (χ0v) is 12.0. The highest BCUT2D eigenvalue weighted by atomic mass is 16.6. The molecule has 0 aliphatic heterocycles. The van der Waals surface area contributed by atoms with Crippen LogP contribution in [-0.2, 0) is 0 Å². The molecule has 0 saturated heterocycles. The van der Waals surface area contributed by atoms with E-state index in [0.717, 1.165) is 12.3 Å². The Morgan fingerprint density at radius 3 is 2.58 bits per heavy atom. The summed E-state index contributed by atoms with van der Waals surface area (Å²) in [5.41, 5.74) is 0.203. The molecule has 0 aliphatic carbocycles. The highest BCUT2D eigenvalue weighted by molar-refractivity contribution is 5.87. The zero-order chi connectivity index (χ0) is 17.9. The number of hydrogen-bond acceptors (Lipinski definition) is 10. The number of nitrogens with one attached hydrogen (secondary N) is 2. The van der Waals surface area contributed by atoms with E-state index in [-0.39, 0.29) is 17.2 Å². The molecule has 2 rings (SSSR count). The zero-order valence-electron chi connectivity index (χ0n) is 12.0. The van der Waals surface area contributed by atoms with E-state index in [1.54, 1.807) is 0 Å². The normalized spacial score (nSPS) is 10.7. The average Bonchev–Trinajstić information content (AvgIpc) is 2.51. The third-order valence-electron chi connectivity index (χ3n) is 2.75. The lowest BCUT2D eigenvalue weighted by Gasteiger charge is -2.01. The summed E-state index contributed by atoms with van der Waals surface area (Å²) in [6.45, 7) is 1.44. The van der Waals surface area contributed by atoms with Crippen molar-refractivity contribution < 1.29 is 15.0 Å². The van der Waals surface area contributed by atoms with Gasteiger partial charge in [-0.15, -0.1) is 10.2 Å². The Kier molecular flexibility index (Phi) is 4.44. The number of nitro groups is 2. The van der Waals surface area contributed by atoms with Gasteiger partial charge in [0.1, 0.15) is 5.69 Å². The second-order valence-corrected chi connectivity index (χ2v) is 4.38. The van der Waals surface area contributed by atoms with Crippen LogP contribution in [0.3, 0.4) is 0 Å². The summed E-state index contributed by atoms with van der Waals surface area (Å²) in [7, 11) is 0. The number of aromatic nitrogens is 3. The number of phenols is 1. The summed E-state index contributed by atoms with van der Waals surface area (Å²) in [6.07, 6.45) is 0.898. The number of anilines is 1. The van der Waals surface area contributed by atoms with Crippen LogP contribution in [0, 0.1) is 27.2 Å². The van der Waals surface area contributed by atoms with Crippen LogP contribution in [0.5, 0.6) is 5.75 Å². The van der Waals surface area contributed by atoms with Crippen LogP contribution in [0.15, 0.2) is 22.0 Å². The van der Waals surface area contributed by atoms with Crippen LogP contribution < -0.4 is 11.0 Å². The fourth-order valence-electron chi connectivity index (χ4n) is 1.58. The van der Waals surface area contributed by atoms with E-state index in [4.69, 9.17) is 0 Å². The van der Waals surface area contributed by atoms with E-state index in [2.05, 4.69) is 25.7 Å². The van der Waals surface area contributed by atoms with Crippen LogP contribution in [-0.4, -0.2) is 36.3 Å². The van der Waals surface area contributed by atoms with Crippen LogP contribution in [0.2, 0.25) is 0 Å². The fraction of sp³-hybridized carbons (Fsp3) is 0.0909. The van der Waals surface area contributed by atoms with Crippen LogP contribution in [0.25, 0.3) is 0 Å². The number of aromatic hydroxyl groups is 1. The predicted octanol–water partition coefficient (Wildman–Crippen LogP) is 0.441.